The third-order valence-electron chi connectivity index (χ3n) is 3.87. The van der Waals surface area contributed by atoms with Gasteiger partial charge in [0.1, 0.15) is 5.69 Å². The minimum absolute atomic E-state index is 0.246. The quantitative estimate of drug-likeness (QED) is 0.866. The van der Waals surface area contributed by atoms with Gasteiger partial charge in [-0.25, -0.2) is 0 Å². The second-order valence-electron chi connectivity index (χ2n) is 5.13. The van der Waals surface area contributed by atoms with Crippen LogP contribution in [-0.2, 0) is 11.3 Å². The lowest BCUT2D eigenvalue weighted by Gasteiger charge is -2.27. The summed E-state index contributed by atoms with van der Waals surface area (Å²) in [6.45, 7) is 0.715. The lowest BCUT2D eigenvalue weighted by molar-refractivity contribution is -0.000979. The number of aromatic nitrogens is 1. The zero-order chi connectivity index (χ0) is 14.4. The summed E-state index contributed by atoms with van der Waals surface area (Å²) in [4.78, 5) is 4.30. The van der Waals surface area contributed by atoms with Crippen molar-refractivity contribution in [3.8, 4) is 11.5 Å². The summed E-state index contributed by atoms with van der Waals surface area (Å²) in [5.74, 6) is 1.75. The van der Waals surface area contributed by atoms with Gasteiger partial charge in [0, 0.05) is 18.9 Å². The summed E-state index contributed by atoms with van der Waals surface area (Å²) in [5.41, 5.74) is 0.760. The number of pyridine rings is 1. The lowest BCUT2D eigenvalue weighted by Crippen LogP contribution is -2.23. The number of ether oxygens (including phenoxy) is 3. The van der Waals surface area contributed by atoms with E-state index in [0.717, 1.165) is 31.4 Å². The van der Waals surface area contributed by atoms with Crippen molar-refractivity contribution >= 4 is 0 Å². The molecule has 1 saturated carbocycles. The van der Waals surface area contributed by atoms with Gasteiger partial charge >= 0.3 is 0 Å². The molecule has 5 nitrogen and oxygen atoms in total. The summed E-state index contributed by atoms with van der Waals surface area (Å²) in [6, 6.07) is 1.77. The van der Waals surface area contributed by atoms with Gasteiger partial charge in [-0.1, -0.05) is 0 Å². The van der Waals surface area contributed by atoms with E-state index in [4.69, 9.17) is 19.3 Å². The van der Waals surface area contributed by atoms with Gasteiger partial charge in [0.25, 0.3) is 0 Å². The van der Waals surface area contributed by atoms with Crippen molar-refractivity contribution in [2.45, 2.75) is 38.4 Å². The molecule has 0 radical (unpaired) electrons. The number of hydrogen-bond donors (Lipinski definition) is 1. The van der Waals surface area contributed by atoms with Crippen LogP contribution in [0.1, 0.15) is 31.4 Å². The molecule has 0 atom stereocenters. The fourth-order valence-corrected chi connectivity index (χ4v) is 2.63. The second-order valence-corrected chi connectivity index (χ2v) is 5.13. The van der Waals surface area contributed by atoms with E-state index < -0.39 is 0 Å². The molecule has 112 valence electrons. The molecule has 1 N–H and O–H groups in total. The van der Waals surface area contributed by atoms with Crippen molar-refractivity contribution < 1.29 is 19.3 Å². The number of hydrogen-bond acceptors (Lipinski definition) is 5. The first-order chi connectivity index (χ1) is 9.78. The Morgan fingerprint density at radius 1 is 1.20 bits per heavy atom. The zero-order valence-electron chi connectivity index (χ0n) is 12.2. The Bertz CT molecular complexity index is 416. The number of rotatable bonds is 6. The molecule has 0 bridgehead atoms. The first-order valence-corrected chi connectivity index (χ1v) is 7.06. The molecule has 5 heteroatoms. The third-order valence-corrected chi connectivity index (χ3v) is 3.87. The molecule has 0 aliphatic heterocycles. The second kappa shape index (κ2) is 7.45. The highest BCUT2D eigenvalue weighted by atomic mass is 16.5. The highest BCUT2D eigenvalue weighted by Crippen LogP contribution is 2.31. The van der Waals surface area contributed by atoms with E-state index in [1.54, 1.807) is 26.5 Å². The molecule has 0 spiro atoms. The van der Waals surface area contributed by atoms with Crippen LogP contribution in [0.5, 0.6) is 11.5 Å². The normalized spacial score (nSPS) is 22.6. The van der Waals surface area contributed by atoms with Crippen molar-refractivity contribution in [2.75, 3.05) is 20.8 Å². The van der Waals surface area contributed by atoms with Crippen molar-refractivity contribution in [3.05, 3.63) is 18.0 Å². The Labute approximate surface area is 119 Å². The van der Waals surface area contributed by atoms with Crippen LogP contribution in [0.4, 0.5) is 0 Å². The van der Waals surface area contributed by atoms with Crippen LogP contribution >= 0.6 is 0 Å². The van der Waals surface area contributed by atoms with Gasteiger partial charge in [0.2, 0.25) is 0 Å². The zero-order valence-corrected chi connectivity index (χ0v) is 12.2. The molecule has 1 aliphatic carbocycles. The van der Waals surface area contributed by atoms with Gasteiger partial charge in [0.15, 0.2) is 11.5 Å². The number of methoxy groups -OCH3 is 2. The van der Waals surface area contributed by atoms with Gasteiger partial charge < -0.3 is 19.3 Å². The molecule has 0 aromatic carbocycles. The number of aliphatic hydroxyl groups is 1. The molecule has 20 heavy (non-hydrogen) atoms. The Kier molecular flexibility index (Phi) is 5.61. The predicted octanol–water partition coefficient (Wildman–Crippen LogP) is 2.17. The highest BCUT2D eigenvalue weighted by Gasteiger charge is 2.22. The van der Waals surface area contributed by atoms with E-state index in [0.29, 0.717) is 24.0 Å². The first-order valence-electron chi connectivity index (χ1n) is 7.06. The Hall–Kier alpha value is -1.33. The third kappa shape index (κ3) is 3.61. The molecule has 1 aliphatic rings. The van der Waals surface area contributed by atoms with E-state index in [1.807, 2.05) is 0 Å². The van der Waals surface area contributed by atoms with Gasteiger partial charge in [-0.05, 0) is 31.6 Å². The van der Waals surface area contributed by atoms with Crippen LogP contribution in [0.25, 0.3) is 0 Å². The summed E-state index contributed by atoms with van der Waals surface area (Å²) in [5, 5.41) is 9.13. The first kappa shape index (κ1) is 15.1. The van der Waals surface area contributed by atoms with Crippen molar-refractivity contribution in [3.63, 3.8) is 0 Å². The molecule has 2 rings (SSSR count). The van der Waals surface area contributed by atoms with E-state index in [9.17, 15) is 0 Å². The summed E-state index contributed by atoms with van der Waals surface area (Å²) < 4.78 is 16.5. The molecule has 0 unspecified atom stereocenters. The molecular formula is C15H23NO4. The van der Waals surface area contributed by atoms with Crippen molar-refractivity contribution in [1.82, 2.24) is 4.98 Å². The summed E-state index contributed by atoms with van der Waals surface area (Å²) >= 11 is 0. The maximum Gasteiger partial charge on any atom is 0.184 e. The van der Waals surface area contributed by atoms with Gasteiger partial charge in [-0.3, -0.25) is 4.98 Å². The Morgan fingerprint density at radius 2 is 1.95 bits per heavy atom. The molecule has 0 amide bonds. The Balaban J connectivity index is 1.91. The smallest absolute Gasteiger partial charge is 0.184 e. The monoisotopic (exact) mass is 281 g/mol. The standard InChI is InChI=1S/C15H23NO4/c1-18-14-7-8-16-13(15(14)19-2)10-20-12-5-3-11(9-17)4-6-12/h7-8,11-12,17H,3-6,9-10H2,1-2H3. The number of nitrogens with zero attached hydrogens (tertiary/aromatic N) is 1. The summed E-state index contributed by atoms with van der Waals surface area (Å²) in [7, 11) is 3.22. The molecular weight excluding hydrogens is 258 g/mol. The molecule has 1 aromatic heterocycles. The van der Waals surface area contributed by atoms with Crippen LogP contribution in [0.2, 0.25) is 0 Å². The van der Waals surface area contributed by atoms with Crippen molar-refractivity contribution in [1.29, 1.82) is 0 Å². The fourth-order valence-electron chi connectivity index (χ4n) is 2.63. The van der Waals surface area contributed by atoms with E-state index >= 15 is 0 Å². The van der Waals surface area contributed by atoms with E-state index in [-0.39, 0.29) is 12.7 Å². The topological polar surface area (TPSA) is 60.8 Å². The van der Waals surface area contributed by atoms with Crippen LogP contribution in [0.3, 0.4) is 0 Å². The SMILES string of the molecule is COc1ccnc(COC2CCC(CO)CC2)c1OC. The van der Waals surface area contributed by atoms with Gasteiger partial charge in [0.05, 0.1) is 26.9 Å². The molecule has 0 saturated heterocycles. The average molecular weight is 281 g/mol. The van der Waals surface area contributed by atoms with Gasteiger partial charge in [-0.15, -0.1) is 0 Å². The van der Waals surface area contributed by atoms with Crippen LogP contribution in [-0.4, -0.2) is 37.0 Å². The van der Waals surface area contributed by atoms with Gasteiger partial charge in [-0.2, -0.15) is 0 Å². The predicted molar refractivity (Wildman–Crippen MR) is 75.0 cm³/mol. The highest BCUT2D eigenvalue weighted by molar-refractivity contribution is 5.42. The fraction of sp³-hybridized carbons (Fsp3) is 0.667. The van der Waals surface area contributed by atoms with Crippen molar-refractivity contribution in [2.24, 2.45) is 5.92 Å². The lowest BCUT2D eigenvalue weighted by atomic mass is 9.88. The van der Waals surface area contributed by atoms with Crippen LogP contribution < -0.4 is 9.47 Å². The van der Waals surface area contributed by atoms with E-state index in [1.165, 1.54) is 0 Å². The minimum atomic E-state index is 0.246. The maximum atomic E-state index is 9.13. The molecule has 1 fully saturated rings. The van der Waals surface area contributed by atoms with Crippen LogP contribution in [0.15, 0.2) is 12.3 Å². The largest absolute Gasteiger partial charge is 0.493 e. The van der Waals surface area contributed by atoms with E-state index in [2.05, 4.69) is 4.98 Å². The average Bonchev–Trinajstić information content (AvgIpc) is 2.52. The summed E-state index contributed by atoms with van der Waals surface area (Å²) in [6.07, 6.45) is 6.00. The van der Waals surface area contributed by atoms with Crippen LogP contribution in [0, 0.1) is 5.92 Å². The number of aliphatic hydroxyl groups excluding tert-OH is 1. The maximum absolute atomic E-state index is 9.13. The minimum Gasteiger partial charge on any atom is -0.493 e. The molecule has 1 heterocycles. The Morgan fingerprint density at radius 3 is 2.55 bits per heavy atom. The molecule has 1 aromatic rings.